The van der Waals surface area contributed by atoms with E-state index in [4.69, 9.17) is 10.00 Å². The van der Waals surface area contributed by atoms with E-state index in [9.17, 15) is 9.59 Å². The van der Waals surface area contributed by atoms with E-state index in [0.29, 0.717) is 37.7 Å². The first kappa shape index (κ1) is 29.0. The van der Waals surface area contributed by atoms with Gasteiger partial charge in [-0.1, -0.05) is 12.1 Å². The summed E-state index contributed by atoms with van der Waals surface area (Å²) in [4.78, 5) is 46.2. The van der Waals surface area contributed by atoms with E-state index in [2.05, 4.69) is 46.4 Å². The number of hydrogen-bond donors (Lipinski definition) is 3. The number of piperidine rings is 1. The SMILES string of the molecule is N#C/C=C/C(=O)N[C@@H]1CCCN(Cc2ccnc(C(=O)Nc3ccc(-c4cc5c(N6CCOCC6)ncnc5[nH]4)cc3)c2)C1. The number of H-pyrrole nitrogens is 1. The average Bonchev–Trinajstić information content (AvgIpc) is 3.50. The molecule has 0 saturated carbocycles. The first-order valence-corrected chi connectivity index (χ1v) is 14.7. The number of nitriles is 1. The largest absolute Gasteiger partial charge is 0.378 e. The number of pyridine rings is 1. The Morgan fingerprint density at radius 2 is 1.93 bits per heavy atom. The van der Waals surface area contributed by atoms with Crippen LogP contribution in [0.25, 0.3) is 22.3 Å². The van der Waals surface area contributed by atoms with Crippen LogP contribution in [-0.4, -0.2) is 82.1 Å². The highest BCUT2D eigenvalue weighted by Crippen LogP contribution is 2.29. The molecule has 2 fully saturated rings. The van der Waals surface area contributed by atoms with Crippen LogP contribution in [0.5, 0.6) is 0 Å². The molecule has 1 atom stereocenters. The molecule has 0 unspecified atom stereocenters. The summed E-state index contributed by atoms with van der Waals surface area (Å²) in [7, 11) is 0. The van der Waals surface area contributed by atoms with Crippen LogP contribution < -0.4 is 15.5 Å². The molecule has 6 rings (SSSR count). The number of aromatic nitrogens is 4. The number of rotatable bonds is 8. The van der Waals surface area contributed by atoms with Crippen LogP contribution in [0.3, 0.4) is 0 Å². The molecule has 3 N–H and O–H groups in total. The van der Waals surface area contributed by atoms with Crippen LogP contribution >= 0.6 is 0 Å². The number of aromatic amines is 1. The Morgan fingerprint density at radius 3 is 2.75 bits per heavy atom. The summed E-state index contributed by atoms with van der Waals surface area (Å²) in [5.41, 5.74) is 4.62. The number of anilines is 2. The lowest BCUT2D eigenvalue weighted by atomic mass is 10.0. The second-order valence-corrected chi connectivity index (χ2v) is 10.9. The van der Waals surface area contributed by atoms with E-state index in [0.717, 1.165) is 66.1 Å². The van der Waals surface area contributed by atoms with Crippen molar-refractivity contribution >= 4 is 34.4 Å². The number of benzene rings is 1. The fraction of sp³-hybridized carbons (Fsp3) is 0.312. The first-order chi connectivity index (χ1) is 21.6. The first-order valence-electron chi connectivity index (χ1n) is 14.7. The molecule has 12 heteroatoms. The highest BCUT2D eigenvalue weighted by Gasteiger charge is 2.22. The second-order valence-electron chi connectivity index (χ2n) is 10.9. The number of nitrogens with zero attached hydrogens (tertiary/aromatic N) is 6. The van der Waals surface area contributed by atoms with Crippen LogP contribution in [0.1, 0.15) is 28.9 Å². The number of likely N-dealkylation sites (tertiary alicyclic amines) is 1. The third-order valence-electron chi connectivity index (χ3n) is 7.79. The lowest BCUT2D eigenvalue weighted by Gasteiger charge is -2.33. The minimum absolute atomic E-state index is 0.0104. The van der Waals surface area contributed by atoms with Crippen LogP contribution in [0.4, 0.5) is 11.5 Å². The van der Waals surface area contributed by atoms with Crippen LogP contribution in [0.15, 0.2) is 67.1 Å². The maximum Gasteiger partial charge on any atom is 0.274 e. The van der Waals surface area contributed by atoms with E-state index in [-0.39, 0.29) is 17.9 Å². The highest BCUT2D eigenvalue weighted by molar-refractivity contribution is 6.03. The molecular formula is C32H33N9O3. The standard InChI is InChI=1S/C32H33N9O3/c33-10-1-4-29(42)37-25-3-2-12-40(20-25)19-22-9-11-34-28(17-22)32(43)38-24-7-5-23(6-8-24)27-18-26-30(39-27)35-21-36-31(26)41-13-15-44-16-14-41/h1,4-9,11,17-18,21,25H,2-3,12-16,19-20H2,(H,37,42)(H,38,43)(H,35,36,39)/b4-1+/t25-/m1/s1. The number of fused-ring (bicyclic) bond motifs is 1. The highest BCUT2D eigenvalue weighted by atomic mass is 16.5. The monoisotopic (exact) mass is 591 g/mol. The summed E-state index contributed by atoms with van der Waals surface area (Å²) in [5.74, 6) is 0.349. The van der Waals surface area contributed by atoms with Gasteiger partial charge in [0.05, 0.1) is 24.7 Å². The second kappa shape index (κ2) is 13.5. The van der Waals surface area contributed by atoms with Crippen molar-refractivity contribution in [2.24, 2.45) is 0 Å². The molecule has 0 bridgehead atoms. The van der Waals surface area contributed by atoms with Crippen molar-refractivity contribution in [2.75, 3.05) is 49.6 Å². The number of amides is 2. The summed E-state index contributed by atoms with van der Waals surface area (Å²) < 4.78 is 5.49. The number of morpholine rings is 1. The fourth-order valence-electron chi connectivity index (χ4n) is 5.67. The van der Waals surface area contributed by atoms with Gasteiger partial charge in [-0.3, -0.25) is 19.5 Å². The average molecular weight is 592 g/mol. The number of carbonyl (C=O) groups excluding carboxylic acids is 2. The van der Waals surface area contributed by atoms with E-state index in [1.807, 2.05) is 36.4 Å². The number of carbonyl (C=O) groups is 2. The summed E-state index contributed by atoms with van der Waals surface area (Å²) in [6.07, 6.45) is 7.48. The minimum atomic E-state index is -0.288. The quantitative estimate of drug-likeness (QED) is 0.207. The van der Waals surface area contributed by atoms with E-state index >= 15 is 0 Å². The van der Waals surface area contributed by atoms with Crippen molar-refractivity contribution in [2.45, 2.75) is 25.4 Å². The Bertz CT molecular complexity index is 1700. The maximum absolute atomic E-state index is 13.1. The maximum atomic E-state index is 13.1. The molecule has 0 radical (unpaired) electrons. The number of nitrogens with one attached hydrogen (secondary N) is 3. The fourth-order valence-corrected chi connectivity index (χ4v) is 5.67. The molecule has 4 aromatic rings. The van der Waals surface area contributed by atoms with Crippen molar-refractivity contribution in [3.63, 3.8) is 0 Å². The number of hydrogen-bond acceptors (Lipinski definition) is 9. The molecule has 5 heterocycles. The Labute approximate surface area is 254 Å². The molecule has 44 heavy (non-hydrogen) atoms. The molecule has 2 amide bonds. The van der Waals surface area contributed by atoms with Gasteiger partial charge in [-0.05, 0) is 60.8 Å². The van der Waals surface area contributed by atoms with Crippen molar-refractivity contribution in [3.8, 4) is 17.3 Å². The number of ether oxygens (including phenoxy) is 1. The van der Waals surface area contributed by atoms with Crippen molar-refractivity contribution < 1.29 is 14.3 Å². The van der Waals surface area contributed by atoms with Crippen molar-refractivity contribution in [1.29, 1.82) is 5.26 Å². The lowest BCUT2D eigenvalue weighted by molar-refractivity contribution is -0.117. The molecule has 0 aliphatic carbocycles. The van der Waals surface area contributed by atoms with Gasteiger partial charge in [0.2, 0.25) is 5.91 Å². The summed E-state index contributed by atoms with van der Waals surface area (Å²) in [6.45, 7) is 5.17. The smallest absolute Gasteiger partial charge is 0.274 e. The van der Waals surface area contributed by atoms with E-state index < -0.39 is 0 Å². The lowest BCUT2D eigenvalue weighted by Crippen LogP contribution is -2.47. The van der Waals surface area contributed by atoms with Gasteiger partial charge >= 0.3 is 0 Å². The molecule has 3 aromatic heterocycles. The molecule has 1 aromatic carbocycles. The zero-order valence-electron chi connectivity index (χ0n) is 24.2. The van der Waals surface area contributed by atoms with Crippen LogP contribution in [0.2, 0.25) is 0 Å². The molecule has 224 valence electrons. The molecule has 2 aliphatic heterocycles. The zero-order chi connectivity index (χ0) is 30.3. The van der Waals surface area contributed by atoms with Gasteiger partial charge in [0.25, 0.3) is 5.91 Å². The van der Waals surface area contributed by atoms with Gasteiger partial charge in [-0.2, -0.15) is 5.26 Å². The topological polar surface area (TPSA) is 152 Å². The molecular weight excluding hydrogens is 558 g/mol. The molecule has 0 spiro atoms. The van der Waals surface area contributed by atoms with Gasteiger partial charge in [0, 0.05) is 62.0 Å². The van der Waals surface area contributed by atoms with Crippen molar-refractivity contribution in [3.05, 3.63) is 78.4 Å². The van der Waals surface area contributed by atoms with Crippen LogP contribution in [0, 0.1) is 11.3 Å². The summed E-state index contributed by atoms with van der Waals surface area (Å²) in [6, 6.07) is 15.2. The minimum Gasteiger partial charge on any atom is -0.378 e. The van der Waals surface area contributed by atoms with Gasteiger partial charge < -0.3 is 25.3 Å². The van der Waals surface area contributed by atoms with E-state index in [1.54, 1.807) is 18.6 Å². The summed E-state index contributed by atoms with van der Waals surface area (Å²) >= 11 is 0. The Balaban J connectivity index is 1.08. The third-order valence-corrected chi connectivity index (χ3v) is 7.79. The summed E-state index contributed by atoms with van der Waals surface area (Å²) in [5, 5.41) is 15.5. The van der Waals surface area contributed by atoms with Gasteiger partial charge in [-0.15, -0.1) is 0 Å². The Hall–Kier alpha value is -5.12. The van der Waals surface area contributed by atoms with Gasteiger partial charge in [-0.25, -0.2) is 9.97 Å². The Morgan fingerprint density at radius 1 is 1.09 bits per heavy atom. The van der Waals surface area contributed by atoms with Gasteiger partial charge in [0.1, 0.15) is 23.5 Å². The molecule has 12 nitrogen and oxygen atoms in total. The third kappa shape index (κ3) is 6.91. The van der Waals surface area contributed by atoms with Crippen LogP contribution in [-0.2, 0) is 16.1 Å². The normalized spacial score (nSPS) is 17.4. The van der Waals surface area contributed by atoms with Gasteiger partial charge in [0.15, 0.2) is 0 Å². The number of allylic oxidation sites excluding steroid dienone is 1. The van der Waals surface area contributed by atoms with Crippen molar-refractivity contribution in [1.82, 2.24) is 30.2 Å². The molecule has 2 aliphatic rings. The predicted octanol–water partition coefficient (Wildman–Crippen LogP) is 3.27. The zero-order valence-corrected chi connectivity index (χ0v) is 24.2. The molecule has 2 saturated heterocycles. The predicted molar refractivity (Wildman–Crippen MR) is 166 cm³/mol. The van der Waals surface area contributed by atoms with E-state index in [1.165, 1.54) is 12.2 Å². The Kier molecular flexibility index (Phi) is 8.86.